The van der Waals surface area contributed by atoms with Gasteiger partial charge in [-0.2, -0.15) is 0 Å². The number of benzene rings is 2. The second-order valence-electron chi connectivity index (χ2n) is 6.75. The van der Waals surface area contributed by atoms with Crippen LogP contribution in [-0.4, -0.2) is 47.2 Å². The molecule has 1 fully saturated rings. The molecule has 0 spiro atoms. The van der Waals surface area contributed by atoms with Gasteiger partial charge in [0.1, 0.15) is 17.4 Å². The van der Waals surface area contributed by atoms with Gasteiger partial charge in [-0.1, -0.05) is 36.8 Å². The maximum atomic E-state index is 11.2. The van der Waals surface area contributed by atoms with Gasteiger partial charge in [0.05, 0.1) is 5.56 Å². The highest BCUT2D eigenvalue weighted by Crippen LogP contribution is 2.38. The first kappa shape index (κ1) is 17.9. The molecule has 3 aromatic rings. The zero-order valence-corrected chi connectivity index (χ0v) is 15.9. The highest BCUT2D eigenvalue weighted by atomic mass is 32.1. The number of ether oxygens (including phenoxy) is 1. The molecule has 6 heteroatoms. The molecule has 0 saturated carbocycles. The van der Waals surface area contributed by atoms with Crippen LogP contribution < -0.4 is 4.74 Å². The molecule has 0 radical (unpaired) electrons. The van der Waals surface area contributed by atoms with Gasteiger partial charge < -0.3 is 9.84 Å². The molecule has 0 atom stereocenters. The van der Waals surface area contributed by atoms with E-state index in [1.807, 2.05) is 36.4 Å². The summed E-state index contributed by atoms with van der Waals surface area (Å²) in [7, 11) is 0. The molecular formula is C21H22N2O3S. The first-order valence-corrected chi connectivity index (χ1v) is 10.2. The van der Waals surface area contributed by atoms with Gasteiger partial charge in [0.2, 0.25) is 0 Å². The van der Waals surface area contributed by atoms with Crippen molar-refractivity contribution in [3.05, 3.63) is 47.5 Å². The predicted molar refractivity (Wildman–Crippen MR) is 108 cm³/mol. The minimum atomic E-state index is -1.01. The fourth-order valence-corrected chi connectivity index (χ4v) is 4.40. The van der Waals surface area contributed by atoms with Crippen LogP contribution >= 0.6 is 11.3 Å². The Morgan fingerprint density at radius 1 is 1.15 bits per heavy atom. The zero-order valence-electron chi connectivity index (χ0n) is 15.1. The molecule has 1 N–H and O–H groups in total. The maximum absolute atomic E-state index is 11.2. The molecule has 2 aromatic carbocycles. The van der Waals surface area contributed by atoms with Crippen LogP contribution in [0.5, 0.6) is 5.75 Å². The number of aromatic nitrogens is 1. The molecule has 1 aliphatic rings. The third-order valence-electron chi connectivity index (χ3n) is 4.94. The molecule has 5 nitrogen and oxygen atoms in total. The van der Waals surface area contributed by atoms with Crippen molar-refractivity contribution in [3.8, 4) is 16.3 Å². The van der Waals surface area contributed by atoms with Gasteiger partial charge in [-0.3, -0.25) is 4.90 Å². The van der Waals surface area contributed by atoms with Crippen LogP contribution in [0.25, 0.3) is 21.3 Å². The van der Waals surface area contributed by atoms with Crippen molar-refractivity contribution in [1.82, 2.24) is 9.88 Å². The summed E-state index contributed by atoms with van der Waals surface area (Å²) in [6.07, 6.45) is 3.85. The SMILES string of the molecule is O=C(O)c1csc(-c2c(OCCN3CCCCC3)ccc3ccccc23)n1. The minimum absolute atomic E-state index is 0.0715. The van der Waals surface area contributed by atoms with E-state index in [-0.39, 0.29) is 5.69 Å². The number of piperidine rings is 1. The van der Waals surface area contributed by atoms with E-state index in [0.29, 0.717) is 11.6 Å². The van der Waals surface area contributed by atoms with Crippen molar-refractivity contribution in [1.29, 1.82) is 0 Å². The smallest absolute Gasteiger partial charge is 0.355 e. The van der Waals surface area contributed by atoms with Crippen molar-refractivity contribution in [2.24, 2.45) is 0 Å². The van der Waals surface area contributed by atoms with Crippen LogP contribution in [0, 0.1) is 0 Å². The van der Waals surface area contributed by atoms with Crippen LogP contribution in [0.2, 0.25) is 0 Å². The Bertz CT molecular complexity index is 948. The predicted octanol–water partition coefficient (Wildman–Crippen LogP) is 4.53. The molecule has 140 valence electrons. The third-order valence-corrected chi connectivity index (χ3v) is 5.80. The molecule has 1 aromatic heterocycles. The highest BCUT2D eigenvalue weighted by Gasteiger charge is 2.17. The lowest BCUT2D eigenvalue weighted by molar-refractivity contribution is 0.0691. The van der Waals surface area contributed by atoms with E-state index in [0.717, 1.165) is 41.7 Å². The molecule has 1 aliphatic heterocycles. The Hall–Kier alpha value is -2.44. The molecule has 0 bridgehead atoms. The summed E-state index contributed by atoms with van der Waals surface area (Å²) in [5.41, 5.74) is 0.950. The van der Waals surface area contributed by atoms with E-state index in [9.17, 15) is 9.90 Å². The van der Waals surface area contributed by atoms with Crippen LogP contribution in [-0.2, 0) is 0 Å². The Balaban J connectivity index is 1.63. The molecule has 4 rings (SSSR count). The van der Waals surface area contributed by atoms with Gasteiger partial charge in [0.25, 0.3) is 0 Å². The topological polar surface area (TPSA) is 62.7 Å². The maximum Gasteiger partial charge on any atom is 0.355 e. The molecule has 0 aliphatic carbocycles. The number of carboxylic acid groups (broad SMARTS) is 1. The number of rotatable bonds is 6. The van der Waals surface area contributed by atoms with Crippen molar-refractivity contribution in [2.75, 3.05) is 26.2 Å². The molecular weight excluding hydrogens is 360 g/mol. The summed E-state index contributed by atoms with van der Waals surface area (Å²) in [5, 5.41) is 13.6. The Morgan fingerprint density at radius 2 is 1.96 bits per heavy atom. The average Bonchev–Trinajstić information content (AvgIpc) is 3.18. The largest absolute Gasteiger partial charge is 0.491 e. The Kier molecular flexibility index (Phi) is 5.36. The molecule has 0 amide bonds. The molecule has 1 saturated heterocycles. The number of carbonyl (C=O) groups is 1. The van der Waals surface area contributed by atoms with Crippen LogP contribution in [0.15, 0.2) is 41.8 Å². The number of carboxylic acids is 1. The number of aromatic carboxylic acids is 1. The van der Waals surface area contributed by atoms with Crippen molar-refractivity contribution in [3.63, 3.8) is 0 Å². The first-order valence-electron chi connectivity index (χ1n) is 9.28. The van der Waals surface area contributed by atoms with Gasteiger partial charge in [0.15, 0.2) is 5.69 Å². The van der Waals surface area contributed by atoms with Gasteiger partial charge in [-0.15, -0.1) is 11.3 Å². The van der Waals surface area contributed by atoms with E-state index < -0.39 is 5.97 Å². The number of nitrogens with zero attached hydrogens (tertiary/aromatic N) is 2. The average molecular weight is 382 g/mol. The van der Waals surface area contributed by atoms with E-state index >= 15 is 0 Å². The third kappa shape index (κ3) is 3.96. The van der Waals surface area contributed by atoms with Crippen molar-refractivity contribution in [2.45, 2.75) is 19.3 Å². The lowest BCUT2D eigenvalue weighted by Crippen LogP contribution is -2.33. The van der Waals surface area contributed by atoms with Gasteiger partial charge >= 0.3 is 5.97 Å². The number of fused-ring (bicyclic) bond motifs is 1. The summed E-state index contributed by atoms with van der Waals surface area (Å²) >= 11 is 1.34. The number of thiazole rings is 1. The van der Waals surface area contributed by atoms with Gasteiger partial charge in [-0.05, 0) is 42.8 Å². The van der Waals surface area contributed by atoms with Crippen LogP contribution in [0.4, 0.5) is 0 Å². The van der Waals surface area contributed by atoms with Crippen LogP contribution in [0.1, 0.15) is 29.8 Å². The summed E-state index contributed by atoms with van der Waals surface area (Å²) in [6.45, 7) is 3.80. The van der Waals surface area contributed by atoms with Crippen molar-refractivity contribution >= 4 is 28.1 Å². The Morgan fingerprint density at radius 3 is 2.74 bits per heavy atom. The van der Waals surface area contributed by atoms with E-state index in [2.05, 4.69) is 9.88 Å². The standard InChI is InChI=1S/C21H22N2O3S/c24-21(25)17-14-27-20(22-17)19-16-7-3-2-6-15(16)8-9-18(19)26-13-12-23-10-4-1-5-11-23/h2-3,6-9,14H,1,4-5,10-13H2,(H,24,25). The van der Waals surface area contributed by atoms with E-state index in [4.69, 9.17) is 4.74 Å². The molecule has 2 heterocycles. The minimum Gasteiger partial charge on any atom is -0.491 e. The second kappa shape index (κ2) is 8.06. The number of likely N-dealkylation sites (tertiary alicyclic amines) is 1. The van der Waals surface area contributed by atoms with E-state index in [1.54, 1.807) is 5.38 Å². The zero-order chi connectivity index (χ0) is 18.6. The monoisotopic (exact) mass is 382 g/mol. The summed E-state index contributed by atoms with van der Waals surface area (Å²) in [5.74, 6) is -0.248. The number of hydrogen-bond donors (Lipinski definition) is 1. The molecule has 27 heavy (non-hydrogen) atoms. The van der Waals surface area contributed by atoms with Crippen molar-refractivity contribution < 1.29 is 14.6 Å². The van der Waals surface area contributed by atoms with Crippen LogP contribution in [0.3, 0.4) is 0 Å². The first-order chi connectivity index (χ1) is 13.2. The highest BCUT2D eigenvalue weighted by molar-refractivity contribution is 7.13. The lowest BCUT2D eigenvalue weighted by Gasteiger charge is -2.26. The molecule has 0 unspecified atom stereocenters. The summed E-state index contributed by atoms with van der Waals surface area (Å²) in [4.78, 5) is 18.0. The number of hydrogen-bond acceptors (Lipinski definition) is 5. The lowest BCUT2D eigenvalue weighted by atomic mass is 10.0. The normalized spacial score (nSPS) is 15.1. The summed E-state index contributed by atoms with van der Waals surface area (Å²) < 4.78 is 6.15. The summed E-state index contributed by atoms with van der Waals surface area (Å²) in [6, 6.07) is 12.1. The quantitative estimate of drug-likeness (QED) is 0.679. The second-order valence-corrected chi connectivity index (χ2v) is 7.61. The van der Waals surface area contributed by atoms with Gasteiger partial charge in [-0.25, -0.2) is 9.78 Å². The fraction of sp³-hybridized carbons (Fsp3) is 0.333. The van der Waals surface area contributed by atoms with E-state index in [1.165, 1.54) is 30.6 Å². The van der Waals surface area contributed by atoms with Gasteiger partial charge in [0, 0.05) is 11.9 Å². The fourth-order valence-electron chi connectivity index (χ4n) is 3.55. The Labute approximate surface area is 162 Å².